The van der Waals surface area contributed by atoms with Gasteiger partial charge in [0.2, 0.25) is 0 Å². The normalized spacial score (nSPS) is 11.4. The van der Waals surface area contributed by atoms with E-state index in [1.54, 1.807) is 55.5 Å². The molecule has 4 aromatic rings. The zero-order valence-corrected chi connectivity index (χ0v) is 21.1. The Morgan fingerprint density at radius 3 is 1.70 bits per heavy atom. The first-order chi connectivity index (χ1) is 17.6. The number of nitrogens with one attached hydrogen (secondary N) is 2. The molecular formula is C26H22N2O7S2. The standard InChI is InChI=1S/C26H22N2O7S2/c1-19-9-5-6-16-25(19)37(32,33)35-23-13-8-11-21(18-23)28-26(29)27-20-10-7-12-22(17-20)34-36(30,31)24-14-3-2-4-15-24/h2-18H,1H3,(H2,27,28,29). The molecule has 0 fully saturated rings. The number of urea groups is 1. The molecule has 0 aliphatic heterocycles. The fourth-order valence-corrected chi connectivity index (χ4v) is 5.41. The van der Waals surface area contributed by atoms with Crippen LogP contribution in [-0.2, 0) is 20.2 Å². The molecule has 190 valence electrons. The van der Waals surface area contributed by atoms with E-state index in [2.05, 4.69) is 10.6 Å². The Morgan fingerprint density at radius 2 is 1.14 bits per heavy atom. The summed E-state index contributed by atoms with van der Waals surface area (Å²) in [6.45, 7) is 1.66. The second kappa shape index (κ2) is 10.7. The first-order valence-corrected chi connectivity index (χ1v) is 13.7. The third-order valence-electron chi connectivity index (χ3n) is 4.99. The van der Waals surface area contributed by atoms with Gasteiger partial charge >= 0.3 is 26.3 Å². The van der Waals surface area contributed by atoms with Crippen molar-refractivity contribution in [2.24, 2.45) is 0 Å². The van der Waals surface area contributed by atoms with Gasteiger partial charge in [0.25, 0.3) is 0 Å². The van der Waals surface area contributed by atoms with E-state index in [0.717, 1.165) is 0 Å². The fourth-order valence-electron chi connectivity index (χ4n) is 3.32. The van der Waals surface area contributed by atoms with Crippen molar-refractivity contribution in [1.29, 1.82) is 0 Å². The van der Waals surface area contributed by atoms with Crippen molar-refractivity contribution in [3.05, 3.63) is 109 Å². The minimum absolute atomic E-state index is 0.00218. The van der Waals surface area contributed by atoms with Crippen molar-refractivity contribution in [1.82, 2.24) is 0 Å². The molecule has 4 aromatic carbocycles. The number of hydrogen-bond donors (Lipinski definition) is 2. The molecule has 0 aliphatic carbocycles. The summed E-state index contributed by atoms with van der Waals surface area (Å²) in [6, 6.07) is 25.2. The van der Waals surface area contributed by atoms with Crippen LogP contribution in [0.2, 0.25) is 0 Å². The predicted molar refractivity (Wildman–Crippen MR) is 139 cm³/mol. The van der Waals surface area contributed by atoms with Crippen molar-refractivity contribution >= 4 is 37.6 Å². The van der Waals surface area contributed by atoms with Crippen LogP contribution in [0.5, 0.6) is 11.5 Å². The SMILES string of the molecule is Cc1ccccc1S(=O)(=O)Oc1cccc(NC(=O)Nc2cccc(OS(=O)(=O)c3ccccc3)c2)c1. The van der Waals surface area contributed by atoms with E-state index in [1.165, 1.54) is 54.6 Å². The van der Waals surface area contributed by atoms with Crippen molar-refractivity contribution in [2.75, 3.05) is 10.6 Å². The van der Waals surface area contributed by atoms with Crippen LogP contribution in [0.3, 0.4) is 0 Å². The largest absolute Gasteiger partial charge is 0.379 e. The van der Waals surface area contributed by atoms with Gasteiger partial charge in [0.05, 0.1) is 0 Å². The molecule has 11 heteroatoms. The third kappa shape index (κ3) is 6.66. The molecule has 0 heterocycles. The lowest BCUT2D eigenvalue weighted by Gasteiger charge is -2.12. The molecule has 2 N–H and O–H groups in total. The molecule has 37 heavy (non-hydrogen) atoms. The summed E-state index contributed by atoms with van der Waals surface area (Å²) in [5, 5.41) is 5.15. The van der Waals surface area contributed by atoms with Gasteiger partial charge in [-0.15, -0.1) is 0 Å². The molecule has 0 radical (unpaired) electrons. The second-order valence-electron chi connectivity index (χ2n) is 7.79. The number of carbonyl (C=O) groups excluding carboxylic acids is 1. The average molecular weight is 539 g/mol. The van der Waals surface area contributed by atoms with E-state index in [9.17, 15) is 21.6 Å². The predicted octanol–water partition coefficient (Wildman–Crippen LogP) is 5.17. The van der Waals surface area contributed by atoms with E-state index in [-0.39, 0.29) is 32.7 Å². The van der Waals surface area contributed by atoms with E-state index in [0.29, 0.717) is 5.56 Å². The highest BCUT2D eigenvalue weighted by Gasteiger charge is 2.19. The summed E-state index contributed by atoms with van der Waals surface area (Å²) in [7, 11) is -8.11. The quantitative estimate of drug-likeness (QED) is 0.296. The molecule has 9 nitrogen and oxygen atoms in total. The molecular weight excluding hydrogens is 516 g/mol. The second-order valence-corrected chi connectivity index (χ2v) is 10.8. The maximum absolute atomic E-state index is 12.6. The molecule has 0 aliphatic rings. The van der Waals surface area contributed by atoms with Crippen LogP contribution in [0.1, 0.15) is 5.56 Å². The Labute approximate surface area is 214 Å². The minimum atomic E-state index is -4.07. The Balaban J connectivity index is 1.42. The third-order valence-corrected chi connectivity index (χ3v) is 7.66. The van der Waals surface area contributed by atoms with Gasteiger partial charge in [0, 0.05) is 23.5 Å². The summed E-state index contributed by atoms with van der Waals surface area (Å²) in [5.74, 6) is 0.0287. The van der Waals surface area contributed by atoms with Gasteiger partial charge in [-0.25, -0.2) is 4.79 Å². The van der Waals surface area contributed by atoms with Crippen molar-refractivity contribution in [3.8, 4) is 11.5 Å². The molecule has 4 rings (SSSR count). The highest BCUT2D eigenvalue weighted by molar-refractivity contribution is 7.87. The fraction of sp³-hybridized carbons (Fsp3) is 0.0385. The summed E-state index contributed by atoms with van der Waals surface area (Å²) in [4.78, 5) is 12.6. The lowest BCUT2D eigenvalue weighted by Crippen LogP contribution is -2.19. The smallest absolute Gasteiger partial charge is 0.339 e. The number of amides is 2. The van der Waals surface area contributed by atoms with Gasteiger partial charge in [-0.3, -0.25) is 0 Å². The number of anilines is 2. The van der Waals surface area contributed by atoms with Gasteiger partial charge in [-0.1, -0.05) is 48.5 Å². The van der Waals surface area contributed by atoms with Crippen molar-refractivity contribution < 1.29 is 30.0 Å². The number of aryl methyl sites for hydroxylation is 1. The minimum Gasteiger partial charge on any atom is -0.379 e. The van der Waals surface area contributed by atoms with Gasteiger partial charge < -0.3 is 19.0 Å². The maximum Gasteiger partial charge on any atom is 0.339 e. The van der Waals surface area contributed by atoms with Crippen molar-refractivity contribution in [2.45, 2.75) is 16.7 Å². The Hall–Kier alpha value is -4.35. The highest BCUT2D eigenvalue weighted by Crippen LogP contribution is 2.25. The van der Waals surface area contributed by atoms with Crippen LogP contribution in [0.4, 0.5) is 16.2 Å². The van der Waals surface area contributed by atoms with Gasteiger partial charge in [-0.2, -0.15) is 16.8 Å². The van der Waals surface area contributed by atoms with Crippen LogP contribution in [0.25, 0.3) is 0 Å². The van der Waals surface area contributed by atoms with Gasteiger partial charge in [0.15, 0.2) is 0 Å². The van der Waals surface area contributed by atoms with Crippen LogP contribution < -0.4 is 19.0 Å². The average Bonchev–Trinajstić information content (AvgIpc) is 2.84. The number of rotatable bonds is 8. The van der Waals surface area contributed by atoms with Crippen LogP contribution in [-0.4, -0.2) is 22.9 Å². The molecule has 2 amide bonds. The Bertz CT molecular complexity index is 1640. The zero-order chi connectivity index (χ0) is 26.5. The van der Waals surface area contributed by atoms with E-state index < -0.39 is 26.3 Å². The number of benzene rings is 4. The first kappa shape index (κ1) is 25.7. The zero-order valence-electron chi connectivity index (χ0n) is 19.5. The topological polar surface area (TPSA) is 128 Å². The lowest BCUT2D eigenvalue weighted by atomic mass is 10.2. The van der Waals surface area contributed by atoms with Crippen LogP contribution in [0.15, 0.2) is 113 Å². The van der Waals surface area contributed by atoms with E-state index >= 15 is 0 Å². The van der Waals surface area contributed by atoms with Crippen molar-refractivity contribution in [3.63, 3.8) is 0 Å². The summed E-state index contributed by atoms with van der Waals surface area (Å²) in [6.07, 6.45) is 0. The Kier molecular flexibility index (Phi) is 7.46. The molecule has 0 bridgehead atoms. The number of carbonyl (C=O) groups is 1. The Morgan fingerprint density at radius 1 is 0.622 bits per heavy atom. The lowest BCUT2D eigenvalue weighted by molar-refractivity contribution is 0.262. The molecule has 0 saturated carbocycles. The van der Waals surface area contributed by atoms with E-state index in [1.807, 2.05) is 0 Å². The monoisotopic (exact) mass is 538 g/mol. The molecule has 0 unspecified atom stereocenters. The molecule has 0 saturated heterocycles. The molecule has 0 atom stereocenters. The summed E-state index contributed by atoms with van der Waals surface area (Å²) < 4.78 is 60.6. The van der Waals surface area contributed by atoms with Crippen LogP contribution in [0, 0.1) is 6.92 Å². The van der Waals surface area contributed by atoms with Gasteiger partial charge in [0.1, 0.15) is 21.3 Å². The molecule has 0 aromatic heterocycles. The van der Waals surface area contributed by atoms with Crippen LogP contribution >= 0.6 is 0 Å². The number of hydrogen-bond acceptors (Lipinski definition) is 7. The maximum atomic E-state index is 12.6. The highest BCUT2D eigenvalue weighted by atomic mass is 32.2. The summed E-state index contributed by atoms with van der Waals surface area (Å²) >= 11 is 0. The molecule has 0 spiro atoms. The first-order valence-electron chi connectivity index (χ1n) is 10.9. The summed E-state index contributed by atoms with van der Waals surface area (Å²) in [5.41, 5.74) is 1.08. The van der Waals surface area contributed by atoms with Gasteiger partial charge in [-0.05, 0) is 55.0 Å². The van der Waals surface area contributed by atoms with E-state index in [4.69, 9.17) is 8.37 Å².